The van der Waals surface area contributed by atoms with Crippen LogP contribution in [-0.2, 0) is 11.3 Å². The van der Waals surface area contributed by atoms with E-state index < -0.39 is 0 Å². The van der Waals surface area contributed by atoms with Crippen molar-refractivity contribution >= 4 is 5.78 Å². The summed E-state index contributed by atoms with van der Waals surface area (Å²) in [5.41, 5.74) is 0. The number of piperidine rings is 1. The molecule has 4 nitrogen and oxygen atoms in total. The van der Waals surface area contributed by atoms with Gasteiger partial charge in [0.2, 0.25) is 0 Å². The molecule has 0 N–H and O–H groups in total. The molecule has 0 radical (unpaired) electrons. The number of hydrogen-bond donors (Lipinski definition) is 0. The second kappa shape index (κ2) is 4.61. The lowest BCUT2D eigenvalue weighted by Gasteiger charge is -2.33. The van der Waals surface area contributed by atoms with Gasteiger partial charge in [-0.2, -0.15) is 5.10 Å². The first-order valence-corrected chi connectivity index (χ1v) is 6.58. The van der Waals surface area contributed by atoms with Crippen LogP contribution >= 0.6 is 0 Å². The molecule has 3 heterocycles. The predicted octanol–water partition coefficient (Wildman–Crippen LogP) is 1.47. The van der Waals surface area contributed by atoms with E-state index in [4.69, 9.17) is 0 Å². The van der Waals surface area contributed by atoms with Gasteiger partial charge in [0.15, 0.2) is 0 Å². The highest BCUT2D eigenvalue weighted by atomic mass is 16.1. The Morgan fingerprint density at radius 2 is 2.00 bits per heavy atom. The van der Waals surface area contributed by atoms with Crippen LogP contribution in [-0.4, -0.2) is 39.1 Å². The second-order valence-corrected chi connectivity index (χ2v) is 5.19. The monoisotopic (exact) mass is 233 g/mol. The summed E-state index contributed by atoms with van der Waals surface area (Å²) in [7, 11) is 0. The third-order valence-electron chi connectivity index (χ3n) is 4.06. The van der Waals surface area contributed by atoms with Crippen molar-refractivity contribution in [2.75, 3.05) is 6.54 Å². The van der Waals surface area contributed by atoms with Gasteiger partial charge in [-0.3, -0.25) is 14.4 Å². The first-order valence-electron chi connectivity index (χ1n) is 6.58. The van der Waals surface area contributed by atoms with Gasteiger partial charge < -0.3 is 0 Å². The van der Waals surface area contributed by atoms with Crippen molar-refractivity contribution < 1.29 is 4.79 Å². The van der Waals surface area contributed by atoms with Crippen molar-refractivity contribution in [1.82, 2.24) is 14.7 Å². The molecule has 2 aliphatic rings. The molecular formula is C13H19N3O. The largest absolute Gasteiger partial charge is 0.300 e. The summed E-state index contributed by atoms with van der Waals surface area (Å²) in [6.45, 7) is 2.10. The molecule has 2 saturated heterocycles. The zero-order valence-electron chi connectivity index (χ0n) is 10.1. The zero-order valence-corrected chi connectivity index (χ0v) is 10.1. The quantitative estimate of drug-likeness (QED) is 0.790. The van der Waals surface area contributed by atoms with Gasteiger partial charge in [0.1, 0.15) is 5.78 Å². The maximum Gasteiger partial charge on any atom is 0.136 e. The van der Waals surface area contributed by atoms with Gasteiger partial charge in [0.25, 0.3) is 0 Å². The van der Waals surface area contributed by atoms with E-state index in [1.807, 2.05) is 23.1 Å². The van der Waals surface area contributed by atoms with Gasteiger partial charge in [-0.25, -0.2) is 0 Å². The molecule has 0 amide bonds. The highest BCUT2D eigenvalue weighted by molar-refractivity contribution is 5.80. The fourth-order valence-electron chi connectivity index (χ4n) is 3.28. The number of aromatic nitrogens is 2. The molecule has 3 rings (SSSR count). The molecule has 2 atom stereocenters. The molecule has 2 unspecified atom stereocenters. The summed E-state index contributed by atoms with van der Waals surface area (Å²) in [6, 6.07) is 3.04. The van der Waals surface area contributed by atoms with Crippen LogP contribution in [0.25, 0.3) is 0 Å². The number of ketones is 1. The Kier molecular flexibility index (Phi) is 2.97. The van der Waals surface area contributed by atoms with E-state index in [2.05, 4.69) is 10.00 Å². The van der Waals surface area contributed by atoms with Crippen LogP contribution in [0.3, 0.4) is 0 Å². The summed E-state index contributed by atoms with van der Waals surface area (Å²) >= 11 is 0. The van der Waals surface area contributed by atoms with Crippen molar-refractivity contribution in [3.8, 4) is 0 Å². The third kappa shape index (κ3) is 2.27. The van der Waals surface area contributed by atoms with Gasteiger partial charge >= 0.3 is 0 Å². The lowest BCUT2D eigenvalue weighted by molar-refractivity contribution is -0.123. The lowest BCUT2D eigenvalue weighted by Crippen LogP contribution is -2.43. The van der Waals surface area contributed by atoms with Crippen molar-refractivity contribution in [1.29, 1.82) is 0 Å². The summed E-state index contributed by atoms with van der Waals surface area (Å²) in [4.78, 5) is 14.0. The average Bonchev–Trinajstić information content (AvgIpc) is 2.88. The SMILES string of the molecule is O=C1CC2CCC(C1)N2CCCn1cccn1. The molecule has 0 spiro atoms. The normalized spacial score (nSPS) is 28.8. The maximum absolute atomic E-state index is 11.5. The predicted molar refractivity (Wildman–Crippen MR) is 64.6 cm³/mol. The molecule has 4 heteroatoms. The van der Waals surface area contributed by atoms with Gasteiger partial charge in [0.05, 0.1) is 0 Å². The van der Waals surface area contributed by atoms with E-state index in [-0.39, 0.29) is 0 Å². The minimum atomic E-state index is 0.473. The molecule has 0 aliphatic carbocycles. The number of rotatable bonds is 4. The number of aryl methyl sites for hydroxylation is 1. The first kappa shape index (κ1) is 11.0. The van der Waals surface area contributed by atoms with Gasteiger partial charge in [0, 0.05) is 50.4 Å². The van der Waals surface area contributed by atoms with Gasteiger partial charge in [-0.1, -0.05) is 0 Å². The Morgan fingerprint density at radius 3 is 2.65 bits per heavy atom. The standard InChI is InChI=1S/C13H19N3O/c17-13-9-11-3-4-12(10-13)16(11)8-2-7-15-6-1-5-14-15/h1,5-6,11-12H,2-4,7-10H2. The van der Waals surface area contributed by atoms with Crippen LogP contribution in [0.4, 0.5) is 0 Å². The van der Waals surface area contributed by atoms with E-state index >= 15 is 0 Å². The van der Waals surface area contributed by atoms with Crippen LogP contribution in [0.15, 0.2) is 18.5 Å². The fraction of sp³-hybridized carbons (Fsp3) is 0.692. The Labute approximate surface area is 102 Å². The third-order valence-corrected chi connectivity index (χ3v) is 4.06. The minimum Gasteiger partial charge on any atom is -0.300 e. The Morgan fingerprint density at radius 1 is 1.24 bits per heavy atom. The number of carbonyl (C=O) groups excluding carboxylic acids is 1. The number of fused-ring (bicyclic) bond motifs is 2. The number of carbonyl (C=O) groups is 1. The van der Waals surface area contributed by atoms with Crippen LogP contribution < -0.4 is 0 Å². The molecule has 2 aliphatic heterocycles. The molecular weight excluding hydrogens is 214 g/mol. The van der Waals surface area contributed by atoms with Crippen molar-refractivity contribution in [2.45, 2.75) is 50.7 Å². The number of nitrogens with zero attached hydrogens (tertiary/aromatic N) is 3. The topological polar surface area (TPSA) is 38.1 Å². The first-order chi connectivity index (χ1) is 8.33. The molecule has 2 bridgehead atoms. The lowest BCUT2D eigenvalue weighted by atomic mass is 10.0. The van der Waals surface area contributed by atoms with Crippen LogP contribution in [0.1, 0.15) is 32.1 Å². The van der Waals surface area contributed by atoms with E-state index in [0.29, 0.717) is 17.9 Å². The summed E-state index contributed by atoms with van der Waals surface area (Å²) in [6.07, 6.45) is 8.98. The van der Waals surface area contributed by atoms with E-state index in [0.717, 1.165) is 32.4 Å². The summed E-state index contributed by atoms with van der Waals surface area (Å²) in [5.74, 6) is 0.473. The molecule has 1 aromatic rings. The van der Waals surface area contributed by atoms with E-state index in [1.165, 1.54) is 12.8 Å². The van der Waals surface area contributed by atoms with Crippen molar-refractivity contribution in [2.24, 2.45) is 0 Å². The molecule has 92 valence electrons. The van der Waals surface area contributed by atoms with Crippen LogP contribution in [0, 0.1) is 0 Å². The smallest absolute Gasteiger partial charge is 0.136 e. The zero-order chi connectivity index (χ0) is 11.7. The van der Waals surface area contributed by atoms with Gasteiger partial charge in [-0.05, 0) is 25.3 Å². The molecule has 17 heavy (non-hydrogen) atoms. The minimum absolute atomic E-state index is 0.473. The maximum atomic E-state index is 11.5. The Bertz CT molecular complexity index is 371. The highest BCUT2D eigenvalue weighted by Gasteiger charge is 2.39. The molecule has 1 aromatic heterocycles. The molecule has 2 fully saturated rings. The Hall–Kier alpha value is -1.16. The van der Waals surface area contributed by atoms with Crippen LogP contribution in [0.5, 0.6) is 0 Å². The van der Waals surface area contributed by atoms with Crippen molar-refractivity contribution in [3.05, 3.63) is 18.5 Å². The van der Waals surface area contributed by atoms with Crippen LogP contribution in [0.2, 0.25) is 0 Å². The fourth-order valence-corrected chi connectivity index (χ4v) is 3.28. The van der Waals surface area contributed by atoms with Crippen molar-refractivity contribution in [3.63, 3.8) is 0 Å². The molecule has 0 saturated carbocycles. The number of hydrogen-bond acceptors (Lipinski definition) is 3. The highest BCUT2D eigenvalue weighted by Crippen LogP contribution is 2.33. The van der Waals surface area contributed by atoms with Gasteiger partial charge in [-0.15, -0.1) is 0 Å². The Balaban J connectivity index is 1.51. The molecule has 0 aromatic carbocycles. The number of Topliss-reactive ketones (excluding diaryl/α,β-unsaturated/α-hetero) is 1. The average molecular weight is 233 g/mol. The summed E-state index contributed by atoms with van der Waals surface area (Å²) in [5, 5.41) is 4.21. The van der Waals surface area contributed by atoms with E-state index in [1.54, 1.807) is 0 Å². The van der Waals surface area contributed by atoms with E-state index in [9.17, 15) is 4.79 Å². The second-order valence-electron chi connectivity index (χ2n) is 5.19. The summed E-state index contributed by atoms with van der Waals surface area (Å²) < 4.78 is 1.98.